The van der Waals surface area contributed by atoms with Crippen LogP contribution in [0.4, 0.5) is 0 Å². The molecule has 254 valence electrons. The number of fused-ring (bicyclic) bond motifs is 2. The third-order valence-electron chi connectivity index (χ3n) is 11.1. The van der Waals surface area contributed by atoms with Gasteiger partial charge in [-0.3, -0.25) is 9.63 Å². The van der Waals surface area contributed by atoms with Gasteiger partial charge in [0.25, 0.3) is 0 Å². The third-order valence-corrected chi connectivity index (χ3v) is 11.1. The first-order valence-corrected chi connectivity index (χ1v) is 16.9. The van der Waals surface area contributed by atoms with Crippen molar-refractivity contribution in [2.75, 3.05) is 41.9 Å². The van der Waals surface area contributed by atoms with E-state index in [0.717, 1.165) is 36.2 Å². The van der Waals surface area contributed by atoms with Crippen LogP contribution in [0.3, 0.4) is 0 Å². The molecule has 9 heteroatoms. The van der Waals surface area contributed by atoms with Crippen LogP contribution in [-0.2, 0) is 29.3 Å². The van der Waals surface area contributed by atoms with E-state index in [9.17, 15) is 15.0 Å². The Hall–Kier alpha value is -2.53. The Morgan fingerprint density at radius 2 is 1.76 bits per heavy atom. The Morgan fingerprint density at radius 3 is 2.28 bits per heavy atom. The number of nitrogens with zero attached hydrogens (tertiary/aromatic N) is 3. The van der Waals surface area contributed by atoms with Crippen LogP contribution in [0.2, 0.25) is 0 Å². The number of aliphatic hydroxyl groups excluding tert-OH is 2. The molecule has 8 atom stereocenters. The Morgan fingerprint density at radius 1 is 1.11 bits per heavy atom. The summed E-state index contributed by atoms with van der Waals surface area (Å²) in [6, 6.07) is 12.1. The van der Waals surface area contributed by atoms with Gasteiger partial charge >= 0.3 is 0 Å². The second-order valence-electron chi connectivity index (χ2n) is 15.2. The lowest BCUT2D eigenvalue weighted by Crippen LogP contribution is -2.62. The summed E-state index contributed by atoms with van der Waals surface area (Å²) in [5.41, 5.74) is 5.64. The topological polar surface area (TPSA) is 97.7 Å². The highest BCUT2D eigenvalue weighted by molar-refractivity contribution is 5.83. The highest BCUT2D eigenvalue weighted by Crippen LogP contribution is 2.61. The number of para-hydroxylation sites is 1. The SMILES string of the molecule is COc1c(CN2O[C@@H](CO)[C@H]([C@H](C)O)[C@H]2C(=O)N[C@H]2C[C@@H]3C[C@@H]([C@@H]2C)C3(C)C)cccc1-c1cc(CN(C)C)cc(CN(C)C)c1. The van der Waals surface area contributed by atoms with Gasteiger partial charge in [0.15, 0.2) is 0 Å². The molecule has 0 radical (unpaired) electrons. The van der Waals surface area contributed by atoms with Crippen molar-refractivity contribution in [2.45, 2.75) is 84.5 Å². The molecule has 1 amide bonds. The van der Waals surface area contributed by atoms with Crippen LogP contribution in [0.15, 0.2) is 36.4 Å². The van der Waals surface area contributed by atoms with Crippen LogP contribution in [0, 0.1) is 29.1 Å². The lowest BCUT2D eigenvalue weighted by Gasteiger charge is -2.62. The molecule has 2 aromatic carbocycles. The third kappa shape index (κ3) is 6.86. The molecule has 0 spiro atoms. The molecule has 2 aromatic rings. The molecule has 4 fully saturated rings. The molecular weight excluding hydrogens is 580 g/mol. The van der Waals surface area contributed by atoms with Crippen LogP contribution in [0.5, 0.6) is 5.75 Å². The van der Waals surface area contributed by atoms with E-state index in [4.69, 9.17) is 9.57 Å². The van der Waals surface area contributed by atoms with E-state index < -0.39 is 24.2 Å². The van der Waals surface area contributed by atoms with E-state index in [-0.39, 0.29) is 25.1 Å². The molecule has 1 heterocycles. The molecule has 4 aliphatic rings. The van der Waals surface area contributed by atoms with Crippen molar-refractivity contribution >= 4 is 5.91 Å². The van der Waals surface area contributed by atoms with Crippen molar-refractivity contribution in [1.82, 2.24) is 20.2 Å². The molecule has 3 saturated carbocycles. The molecule has 0 aromatic heterocycles. The predicted molar refractivity (Wildman–Crippen MR) is 181 cm³/mol. The van der Waals surface area contributed by atoms with Crippen LogP contribution in [-0.4, -0.2) is 97.2 Å². The van der Waals surface area contributed by atoms with Gasteiger partial charge in [-0.1, -0.05) is 45.0 Å². The van der Waals surface area contributed by atoms with Gasteiger partial charge in [-0.25, -0.2) is 0 Å². The Bertz CT molecular complexity index is 1350. The summed E-state index contributed by atoms with van der Waals surface area (Å²) < 4.78 is 6.08. The maximum Gasteiger partial charge on any atom is 0.240 e. The van der Waals surface area contributed by atoms with E-state index in [1.54, 1.807) is 19.1 Å². The monoisotopic (exact) mass is 636 g/mol. The zero-order chi connectivity index (χ0) is 33.5. The molecular formula is C37H56N4O5. The van der Waals surface area contributed by atoms with Crippen molar-refractivity contribution in [3.05, 3.63) is 53.1 Å². The van der Waals surface area contributed by atoms with E-state index in [1.165, 1.54) is 17.5 Å². The van der Waals surface area contributed by atoms with Crippen LogP contribution >= 0.6 is 0 Å². The van der Waals surface area contributed by atoms with Crippen molar-refractivity contribution in [2.24, 2.45) is 29.1 Å². The second-order valence-corrected chi connectivity index (χ2v) is 15.2. The molecule has 3 aliphatic carbocycles. The summed E-state index contributed by atoms with van der Waals surface area (Å²) in [7, 11) is 9.96. The maximum atomic E-state index is 14.1. The number of hydrogen-bond donors (Lipinski definition) is 3. The largest absolute Gasteiger partial charge is 0.496 e. The fourth-order valence-corrected chi connectivity index (χ4v) is 8.66. The van der Waals surface area contributed by atoms with Crippen LogP contribution in [0.1, 0.15) is 57.2 Å². The summed E-state index contributed by atoms with van der Waals surface area (Å²) in [6.45, 7) is 10.2. The predicted octanol–water partition coefficient (Wildman–Crippen LogP) is 4.15. The average molecular weight is 637 g/mol. The molecule has 6 rings (SSSR count). The number of hydroxylamine groups is 2. The fourth-order valence-electron chi connectivity index (χ4n) is 8.66. The molecule has 0 unspecified atom stereocenters. The molecule has 1 saturated heterocycles. The van der Waals surface area contributed by atoms with E-state index in [2.05, 4.69) is 88.3 Å². The average Bonchev–Trinajstić information content (AvgIpc) is 3.35. The Balaban J connectivity index is 1.45. The van der Waals surface area contributed by atoms with Gasteiger partial charge in [-0.05, 0) is 99.9 Å². The smallest absolute Gasteiger partial charge is 0.240 e. The van der Waals surface area contributed by atoms with Crippen molar-refractivity contribution in [1.29, 1.82) is 0 Å². The minimum atomic E-state index is -0.850. The van der Waals surface area contributed by atoms with E-state index in [0.29, 0.717) is 28.9 Å². The maximum absolute atomic E-state index is 14.1. The van der Waals surface area contributed by atoms with Gasteiger partial charge in [-0.2, -0.15) is 5.06 Å². The number of hydrogen-bond acceptors (Lipinski definition) is 8. The number of benzene rings is 2. The summed E-state index contributed by atoms with van der Waals surface area (Å²) in [6.07, 6.45) is 0.646. The standard InChI is InChI=1S/C37H56N4O5/c1-22-30-16-28(37(30,3)4)17-31(22)38-36(44)34-33(23(2)43)32(21-42)46-41(34)20-26-11-10-12-29(35(26)45-9)27-14-24(18-39(5)6)13-25(15-27)19-40(7)8/h10-15,22-23,28,30-34,42-43H,16-21H2,1-9H3,(H,38,44)/t22-,23-,28-,30-,31-,32-,33-,34-/m0/s1. The lowest BCUT2D eigenvalue weighted by molar-refractivity contribution is -0.183. The fraction of sp³-hybridized carbons (Fsp3) is 0.649. The molecule has 9 nitrogen and oxygen atoms in total. The van der Waals surface area contributed by atoms with Gasteiger partial charge in [0.1, 0.15) is 17.9 Å². The van der Waals surface area contributed by atoms with E-state index in [1.807, 2.05) is 12.1 Å². The zero-order valence-corrected chi connectivity index (χ0v) is 29.3. The lowest BCUT2D eigenvalue weighted by atomic mass is 9.45. The number of methoxy groups -OCH3 is 1. The van der Waals surface area contributed by atoms with Gasteiger partial charge < -0.3 is 30.1 Å². The van der Waals surface area contributed by atoms with Crippen LogP contribution in [0.25, 0.3) is 11.1 Å². The molecule has 2 bridgehead atoms. The molecule has 46 heavy (non-hydrogen) atoms. The first kappa shape index (κ1) is 34.8. The summed E-state index contributed by atoms with van der Waals surface area (Å²) in [5, 5.41) is 26.2. The molecule has 1 aliphatic heterocycles. The van der Waals surface area contributed by atoms with Crippen molar-refractivity contribution < 1.29 is 24.6 Å². The highest BCUT2D eigenvalue weighted by atomic mass is 16.7. The summed E-state index contributed by atoms with van der Waals surface area (Å²) >= 11 is 0. The van der Waals surface area contributed by atoms with Crippen LogP contribution < -0.4 is 10.1 Å². The highest BCUT2D eigenvalue weighted by Gasteiger charge is 2.57. The minimum Gasteiger partial charge on any atom is -0.496 e. The Kier molecular flexibility index (Phi) is 10.5. The van der Waals surface area contributed by atoms with Gasteiger partial charge in [0.05, 0.1) is 26.4 Å². The normalized spacial score (nSPS) is 29.5. The number of aliphatic hydroxyl groups is 2. The summed E-state index contributed by atoms with van der Waals surface area (Å²) in [4.78, 5) is 24.7. The molecule has 3 N–H and O–H groups in total. The quantitative estimate of drug-likeness (QED) is 0.320. The van der Waals surface area contributed by atoms with Gasteiger partial charge in [-0.15, -0.1) is 0 Å². The number of carbonyl (C=O) groups is 1. The number of amides is 1. The second kappa shape index (κ2) is 13.9. The first-order valence-electron chi connectivity index (χ1n) is 16.9. The first-order chi connectivity index (χ1) is 21.7. The number of rotatable bonds is 12. The van der Waals surface area contributed by atoms with E-state index >= 15 is 0 Å². The van der Waals surface area contributed by atoms with Crippen molar-refractivity contribution in [3.8, 4) is 16.9 Å². The summed E-state index contributed by atoms with van der Waals surface area (Å²) in [5.74, 6) is 1.54. The van der Waals surface area contributed by atoms with Crippen molar-refractivity contribution in [3.63, 3.8) is 0 Å². The zero-order valence-electron chi connectivity index (χ0n) is 29.3. The number of nitrogens with one attached hydrogen (secondary N) is 1. The minimum absolute atomic E-state index is 0.0811. The van der Waals surface area contributed by atoms with Gasteiger partial charge in [0, 0.05) is 36.2 Å². The number of carbonyl (C=O) groups excluding carboxylic acids is 1. The Labute approximate surface area is 275 Å². The number of ether oxygens (including phenoxy) is 1. The van der Waals surface area contributed by atoms with Gasteiger partial charge in [0.2, 0.25) is 5.91 Å².